The van der Waals surface area contributed by atoms with Crippen molar-refractivity contribution in [2.75, 3.05) is 39.8 Å². The van der Waals surface area contributed by atoms with Gasteiger partial charge in [0.25, 0.3) is 0 Å². The lowest BCUT2D eigenvalue weighted by molar-refractivity contribution is 0.251. The number of hydrogen-bond donors (Lipinski definition) is 2. The average Bonchev–Trinajstić information content (AvgIpc) is 3.46. The molecule has 0 amide bonds. The molecular formula is C22H34N6O. The SMILES string of the molecule is CCNC(=NCC(c1ccc(OC)cc1)N1CCCC1)NCCCn1ccnc1. The third kappa shape index (κ3) is 6.49. The van der Waals surface area contributed by atoms with Crippen molar-refractivity contribution in [2.45, 2.75) is 38.8 Å². The standard InChI is InChI=1S/C22H34N6O/c1-3-24-22(25-11-6-13-27-16-12-23-18-27)26-17-21(28-14-4-5-15-28)19-7-9-20(29-2)10-8-19/h7-10,12,16,18,21H,3-6,11,13-15,17H2,1-2H3,(H2,24,25,26). The Morgan fingerprint density at radius 3 is 2.66 bits per heavy atom. The van der Waals surface area contributed by atoms with Gasteiger partial charge in [-0.05, 0) is 57.0 Å². The van der Waals surface area contributed by atoms with Crippen LogP contribution in [-0.4, -0.2) is 60.2 Å². The summed E-state index contributed by atoms with van der Waals surface area (Å²) >= 11 is 0. The van der Waals surface area contributed by atoms with Gasteiger partial charge in [0.1, 0.15) is 5.75 Å². The van der Waals surface area contributed by atoms with E-state index in [1.165, 1.54) is 18.4 Å². The molecule has 1 aromatic heterocycles. The van der Waals surface area contributed by atoms with Gasteiger partial charge in [0, 0.05) is 32.0 Å². The van der Waals surface area contributed by atoms with Crippen LogP contribution in [0.2, 0.25) is 0 Å². The predicted molar refractivity (Wildman–Crippen MR) is 117 cm³/mol. The number of benzene rings is 1. The zero-order valence-corrected chi connectivity index (χ0v) is 17.7. The zero-order chi connectivity index (χ0) is 20.3. The summed E-state index contributed by atoms with van der Waals surface area (Å²) in [6.07, 6.45) is 9.22. The molecule has 2 aromatic rings. The molecule has 7 nitrogen and oxygen atoms in total. The number of nitrogens with one attached hydrogen (secondary N) is 2. The maximum atomic E-state index is 5.32. The number of guanidine groups is 1. The highest BCUT2D eigenvalue weighted by Crippen LogP contribution is 2.27. The molecule has 158 valence electrons. The Kier molecular flexibility index (Phi) is 8.37. The Morgan fingerprint density at radius 2 is 2.00 bits per heavy atom. The second kappa shape index (κ2) is 11.5. The number of methoxy groups -OCH3 is 1. The van der Waals surface area contributed by atoms with Gasteiger partial charge in [-0.15, -0.1) is 0 Å². The number of ether oxygens (including phenoxy) is 1. The van der Waals surface area contributed by atoms with Crippen LogP contribution in [0.1, 0.15) is 37.8 Å². The molecule has 1 unspecified atom stereocenters. The highest BCUT2D eigenvalue weighted by molar-refractivity contribution is 5.79. The molecule has 0 aliphatic carbocycles. The van der Waals surface area contributed by atoms with E-state index >= 15 is 0 Å². The van der Waals surface area contributed by atoms with Crippen LogP contribution in [0.15, 0.2) is 48.0 Å². The summed E-state index contributed by atoms with van der Waals surface area (Å²) in [5.41, 5.74) is 1.30. The van der Waals surface area contributed by atoms with Gasteiger partial charge < -0.3 is 19.9 Å². The number of imidazole rings is 1. The summed E-state index contributed by atoms with van der Waals surface area (Å²) in [5, 5.41) is 6.84. The fraction of sp³-hybridized carbons (Fsp3) is 0.545. The van der Waals surface area contributed by atoms with Gasteiger partial charge in [0.2, 0.25) is 0 Å². The van der Waals surface area contributed by atoms with E-state index in [2.05, 4.69) is 44.1 Å². The van der Waals surface area contributed by atoms with E-state index in [-0.39, 0.29) is 0 Å². The number of hydrogen-bond acceptors (Lipinski definition) is 4. The van der Waals surface area contributed by atoms with E-state index in [0.717, 1.165) is 57.4 Å². The average molecular weight is 399 g/mol. The summed E-state index contributed by atoms with van der Waals surface area (Å²) in [5.74, 6) is 1.78. The minimum Gasteiger partial charge on any atom is -0.497 e. The molecule has 29 heavy (non-hydrogen) atoms. The Hall–Kier alpha value is -2.54. The number of aliphatic imine (C=N–C) groups is 1. The molecule has 7 heteroatoms. The third-order valence-corrected chi connectivity index (χ3v) is 5.29. The molecule has 1 saturated heterocycles. The van der Waals surface area contributed by atoms with Crippen LogP contribution in [0, 0.1) is 0 Å². The summed E-state index contributed by atoms with van der Waals surface area (Å²) in [6.45, 7) is 7.80. The van der Waals surface area contributed by atoms with Crippen LogP contribution < -0.4 is 15.4 Å². The van der Waals surface area contributed by atoms with E-state index in [1.54, 1.807) is 7.11 Å². The second-order valence-corrected chi connectivity index (χ2v) is 7.33. The van der Waals surface area contributed by atoms with Crippen LogP contribution >= 0.6 is 0 Å². The van der Waals surface area contributed by atoms with E-state index in [4.69, 9.17) is 9.73 Å². The molecular weight excluding hydrogens is 364 g/mol. The summed E-state index contributed by atoms with van der Waals surface area (Å²) in [4.78, 5) is 11.5. The van der Waals surface area contributed by atoms with E-state index in [1.807, 2.05) is 30.9 Å². The number of aromatic nitrogens is 2. The van der Waals surface area contributed by atoms with Crippen molar-refractivity contribution in [2.24, 2.45) is 4.99 Å². The first-order valence-electron chi connectivity index (χ1n) is 10.7. The van der Waals surface area contributed by atoms with Crippen LogP contribution in [0.25, 0.3) is 0 Å². The quantitative estimate of drug-likeness (QED) is 0.366. The number of aryl methyl sites for hydroxylation is 1. The highest BCUT2D eigenvalue weighted by Gasteiger charge is 2.23. The van der Waals surface area contributed by atoms with Crippen molar-refractivity contribution < 1.29 is 4.74 Å². The van der Waals surface area contributed by atoms with Gasteiger partial charge in [0.15, 0.2) is 5.96 Å². The largest absolute Gasteiger partial charge is 0.497 e. The van der Waals surface area contributed by atoms with Crippen molar-refractivity contribution in [3.8, 4) is 5.75 Å². The molecule has 3 rings (SSSR count). The molecule has 0 spiro atoms. The molecule has 0 bridgehead atoms. The fourth-order valence-corrected chi connectivity index (χ4v) is 3.72. The van der Waals surface area contributed by atoms with E-state index < -0.39 is 0 Å². The summed E-state index contributed by atoms with van der Waals surface area (Å²) < 4.78 is 7.42. The molecule has 0 radical (unpaired) electrons. The smallest absolute Gasteiger partial charge is 0.191 e. The summed E-state index contributed by atoms with van der Waals surface area (Å²) in [6, 6.07) is 8.72. The molecule has 1 aromatic carbocycles. The Bertz CT molecular complexity index is 722. The Balaban J connectivity index is 1.60. The number of likely N-dealkylation sites (tertiary alicyclic amines) is 1. The molecule has 1 aliphatic rings. The normalized spacial score (nSPS) is 16.0. The molecule has 2 heterocycles. The molecule has 2 N–H and O–H groups in total. The third-order valence-electron chi connectivity index (χ3n) is 5.29. The lowest BCUT2D eigenvalue weighted by Crippen LogP contribution is -2.39. The first kappa shape index (κ1) is 21.2. The van der Waals surface area contributed by atoms with Crippen LogP contribution in [0.5, 0.6) is 5.75 Å². The minimum absolute atomic E-state index is 0.296. The van der Waals surface area contributed by atoms with E-state index in [0.29, 0.717) is 6.04 Å². The van der Waals surface area contributed by atoms with Gasteiger partial charge >= 0.3 is 0 Å². The number of rotatable bonds is 10. The van der Waals surface area contributed by atoms with Crippen molar-refractivity contribution in [3.63, 3.8) is 0 Å². The Labute approximate surface area is 174 Å². The van der Waals surface area contributed by atoms with Crippen LogP contribution in [0.4, 0.5) is 0 Å². The second-order valence-electron chi connectivity index (χ2n) is 7.33. The van der Waals surface area contributed by atoms with E-state index in [9.17, 15) is 0 Å². The van der Waals surface area contributed by atoms with Gasteiger partial charge in [-0.2, -0.15) is 0 Å². The van der Waals surface area contributed by atoms with Gasteiger partial charge in [-0.3, -0.25) is 9.89 Å². The monoisotopic (exact) mass is 398 g/mol. The molecule has 1 aliphatic heterocycles. The van der Waals surface area contributed by atoms with Crippen LogP contribution in [0.3, 0.4) is 0 Å². The van der Waals surface area contributed by atoms with Gasteiger partial charge in [0.05, 0.1) is 26.0 Å². The van der Waals surface area contributed by atoms with Crippen LogP contribution in [-0.2, 0) is 6.54 Å². The maximum Gasteiger partial charge on any atom is 0.191 e. The fourth-order valence-electron chi connectivity index (χ4n) is 3.72. The first-order valence-corrected chi connectivity index (χ1v) is 10.7. The van der Waals surface area contributed by atoms with Crippen molar-refractivity contribution in [3.05, 3.63) is 48.5 Å². The number of nitrogens with zero attached hydrogens (tertiary/aromatic N) is 4. The first-order chi connectivity index (χ1) is 14.3. The summed E-state index contributed by atoms with van der Waals surface area (Å²) in [7, 11) is 1.71. The van der Waals surface area contributed by atoms with Crippen molar-refractivity contribution in [1.29, 1.82) is 0 Å². The van der Waals surface area contributed by atoms with Gasteiger partial charge in [-0.25, -0.2) is 4.98 Å². The lowest BCUT2D eigenvalue weighted by atomic mass is 10.1. The van der Waals surface area contributed by atoms with Crippen molar-refractivity contribution >= 4 is 5.96 Å². The molecule has 1 atom stereocenters. The topological polar surface area (TPSA) is 66.7 Å². The highest BCUT2D eigenvalue weighted by atomic mass is 16.5. The van der Waals surface area contributed by atoms with Gasteiger partial charge in [-0.1, -0.05) is 12.1 Å². The van der Waals surface area contributed by atoms with Crippen molar-refractivity contribution in [1.82, 2.24) is 25.1 Å². The zero-order valence-electron chi connectivity index (χ0n) is 17.7. The molecule has 1 fully saturated rings. The minimum atomic E-state index is 0.296. The molecule has 0 saturated carbocycles. The lowest BCUT2D eigenvalue weighted by Gasteiger charge is -2.27. The Morgan fingerprint density at radius 1 is 1.21 bits per heavy atom. The predicted octanol–water partition coefficient (Wildman–Crippen LogP) is 2.67. The maximum absolute atomic E-state index is 5.32.